The third kappa shape index (κ3) is 4.08. The first-order valence-corrected chi connectivity index (χ1v) is 7.24. The minimum Gasteiger partial charge on any atom is -0.355 e. The van der Waals surface area contributed by atoms with E-state index in [1.165, 1.54) is 5.56 Å². The molecule has 1 aromatic carbocycles. The number of piperidine rings is 1. The Morgan fingerprint density at radius 3 is 2.75 bits per heavy atom. The minimum atomic E-state index is -0.0524. The molecule has 0 spiro atoms. The molecule has 0 bridgehead atoms. The lowest BCUT2D eigenvalue weighted by Crippen LogP contribution is -2.45. The molecule has 4 heteroatoms. The van der Waals surface area contributed by atoms with Crippen LogP contribution in [0.2, 0.25) is 0 Å². The van der Waals surface area contributed by atoms with Gasteiger partial charge in [0.15, 0.2) is 0 Å². The maximum atomic E-state index is 12.1. The third-order valence-electron chi connectivity index (χ3n) is 3.79. The Morgan fingerprint density at radius 1 is 1.30 bits per heavy atom. The number of carbonyl (C=O) groups excluding carboxylic acids is 2. The second-order valence-corrected chi connectivity index (χ2v) is 5.33. The molecule has 0 aliphatic carbocycles. The van der Waals surface area contributed by atoms with Crippen LogP contribution in [0.5, 0.6) is 0 Å². The van der Waals surface area contributed by atoms with E-state index < -0.39 is 0 Å². The molecular formula is C16H22N2O2. The Balaban J connectivity index is 1.75. The summed E-state index contributed by atoms with van der Waals surface area (Å²) < 4.78 is 0. The molecule has 1 saturated heterocycles. The lowest BCUT2D eigenvalue weighted by molar-refractivity contribution is -0.133. The molecule has 4 nitrogen and oxygen atoms in total. The van der Waals surface area contributed by atoms with Crippen LogP contribution in [-0.4, -0.2) is 36.3 Å². The van der Waals surface area contributed by atoms with Gasteiger partial charge in [-0.3, -0.25) is 9.59 Å². The van der Waals surface area contributed by atoms with Gasteiger partial charge in [-0.05, 0) is 24.8 Å². The largest absolute Gasteiger partial charge is 0.355 e. The summed E-state index contributed by atoms with van der Waals surface area (Å²) in [6.45, 7) is 3.56. The highest BCUT2D eigenvalue weighted by atomic mass is 16.2. The smallest absolute Gasteiger partial charge is 0.224 e. The van der Waals surface area contributed by atoms with E-state index in [9.17, 15) is 9.59 Å². The van der Waals surface area contributed by atoms with Crippen LogP contribution in [0.4, 0.5) is 0 Å². The van der Waals surface area contributed by atoms with E-state index in [-0.39, 0.29) is 17.7 Å². The number of hydrogen-bond donors (Lipinski definition) is 1. The van der Waals surface area contributed by atoms with E-state index in [1.807, 2.05) is 18.2 Å². The lowest BCUT2D eigenvalue weighted by atomic mass is 9.97. The summed E-state index contributed by atoms with van der Waals surface area (Å²) in [7, 11) is 0. The van der Waals surface area contributed by atoms with Crippen LogP contribution in [0.3, 0.4) is 0 Å². The van der Waals surface area contributed by atoms with Crippen molar-refractivity contribution in [3.63, 3.8) is 0 Å². The maximum Gasteiger partial charge on any atom is 0.224 e. The monoisotopic (exact) mass is 274 g/mol. The van der Waals surface area contributed by atoms with E-state index in [2.05, 4.69) is 17.4 Å². The van der Waals surface area contributed by atoms with E-state index >= 15 is 0 Å². The molecular weight excluding hydrogens is 252 g/mol. The Kier molecular flexibility index (Phi) is 5.16. The van der Waals surface area contributed by atoms with Gasteiger partial charge >= 0.3 is 0 Å². The lowest BCUT2D eigenvalue weighted by Gasteiger charge is -2.31. The van der Waals surface area contributed by atoms with Crippen molar-refractivity contribution in [2.24, 2.45) is 5.92 Å². The number of nitrogens with one attached hydrogen (secondary N) is 1. The van der Waals surface area contributed by atoms with E-state index in [4.69, 9.17) is 0 Å². The SMILES string of the molecule is CC(=O)N1CCCC(C(=O)NCCc2ccccc2)C1. The summed E-state index contributed by atoms with van der Waals surface area (Å²) in [6, 6.07) is 10.1. The summed E-state index contributed by atoms with van der Waals surface area (Å²) in [6.07, 6.45) is 2.63. The molecule has 2 rings (SSSR count). The Labute approximate surface area is 120 Å². The second kappa shape index (κ2) is 7.08. The molecule has 1 aliphatic rings. The number of likely N-dealkylation sites (tertiary alicyclic amines) is 1. The number of rotatable bonds is 4. The van der Waals surface area contributed by atoms with Crippen molar-refractivity contribution in [2.45, 2.75) is 26.2 Å². The van der Waals surface area contributed by atoms with E-state index in [0.717, 1.165) is 25.8 Å². The number of hydrogen-bond acceptors (Lipinski definition) is 2. The van der Waals surface area contributed by atoms with Gasteiger partial charge in [0.25, 0.3) is 0 Å². The fourth-order valence-corrected chi connectivity index (χ4v) is 2.60. The van der Waals surface area contributed by atoms with Crippen molar-refractivity contribution in [2.75, 3.05) is 19.6 Å². The molecule has 1 heterocycles. The molecule has 1 unspecified atom stereocenters. The van der Waals surface area contributed by atoms with Crippen LogP contribution in [0.25, 0.3) is 0 Å². The molecule has 0 radical (unpaired) electrons. The van der Waals surface area contributed by atoms with Crippen LogP contribution < -0.4 is 5.32 Å². The second-order valence-electron chi connectivity index (χ2n) is 5.33. The molecule has 2 amide bonds. The first-order valence-electron chi connectivity index (χ1n) is 7.24. The first-order chi connectivity index (χ1) is 9.66. The van der Waals surface area contributed by atoms with Gasteiger partial charge in [-0.1, -0.05) is 30.3 Å². The number of amides is 2. The van der Waals surface area contributed by atoms with Crippen LogP contribution in [0.1, 0.15) is 25.3 Å². The standard InChI is InChI=1S/C16H22N2O2/c1-13(19)18-11-5-8-15(12-18)16(20)17-10-9-14-6-3-2-4-7-14/h2-4,6-7,15H,5,8-12H2,1H3,(H,17,20). The average Bonchev–Trinajstić information content (AvgIpc) is 2.48. The van der Waals surface area contributed by atoms with Crippen molar-refractivity contribution in [3.8, 4) is 0 Å². The Bertz CT molecular complexity index is 459. The highest BCUT2D eigenvalue weighted by Gasteiger charge is 2.26. The fourth-order valence-electron chi connectivity index (χ4n) is 2.60. The summed E-state index contributed by atoms with van der Waals surface area (Å²) >= 11 is 0. The zero-order valence-electron chi connectivity index (χ0n) is 12.0. The Morgan fingerprint density at radius 2 is 2.05 bits per heavy atom. The highest BCUT2D eigenvalue weighted by molar-refractivity contribution is 5.80. The fraction of sp³-hybridized carbons (Fsp3) is 0.500. The molecule has 1 N–H and O–H groups in total. The third-order valence-corrected chi connectivity index (χ3v) is 3.79. The van der Waals surface area contributed by atoms with Gasteiger partial charge in [-0.25, -0.2) is 0 Å². The number of benzene rings is 1. The van der Waals surface area contributed by atoms with Gasteiger partial charge in [0.2, 0.25) is 11.8 Å². The molecule has 0 saturated carbocycles. The topological polar surface area (TPSA) is 49.4 Å². The maximum absolute atomic E-state index is 12.1. The molecule has 1 aliphatic heterocycles. The van der Waals surface area contributed by atoms with Crippen molar-refractivity contribution in [1.82, 2.24) is 10.2 Å². The number of carbonyl (C=O) groups is 2. The number of nitrogens with zero attached hydrogens (tertiary/aromatic N) is 1. The van der Waals surface area contributed by atoms with Crippen molar-refractivity contribution < 1.29 is 9.59 Å². The van der Waals surface area contributed by atoms with Gasteiger partial charge < -0.3 is 10.2 Å². The minimum absolute atomic E-state index is 0.0524. The predicted octanol–water partition coefficient (Wildman–Crippen LogP) is 1.60. The van der Waals surface area contributed by atoms with Gasteiger partial charge in [-0.15, -0.1) is 0 Å². The molecule has 1 aromatic rings. The molecule has 0 aromatic heterocycles. The van der Waals surface area contributed by atoms with Crippen molar-refractivity contribution in [1.29, 1.82) is 0 Å². The summed E-state index contributed by atoms with van der Waals surface area (Å²) in [5.41, 5.74) is 1.22. The molecule has 1 atom stereocenters. The van der Waals surface area contributed by atoms with Crippen molar-refractivity contribution in [3.05, 3.63) is 35.9 Å². The summed E-state index contributed by atoms with van der Waals surface area (Å²) in [4.78, 5) is 25.2. The van der Waals surface area contributed by atoms with Crippen LogP contribution in [0.15, 0.2) is 30.3 Å². The quantitative estimate of drug-likeness (QED) is 0.906. The predicted molar refractivity (Wildman–Crippen MR) is 78.1 cm³/mol. The van der Waals surface area contributed by atoms with E-state index in [0.29, 0.717) is 13.1 Å². The molecule has 1 fully saturated rings. The van der Waals surface area contributed by atoms with E-state index in [1.54, 1.807) is 11.8 Å². The van der Waals surface area contributed by atoms with Gasteiger partial charge in [-0.2, -0.15) is 0 Å². The summed E-state index contributed by atoms with van der Waals surface area (Å²) in [5.74, 6) is 0.0853. The zero-order valence-corrected chi connectivity index (χ0v) is 12.0. The summed E-state index contributed by atoms with van der Waals surface area (Å²) in [5, 5.41) is 2.98. The van der Waals surface area contributed by atoms with Crippen molar-refractivity contribution >= 4 is 11.8 Å². The molecule has 20 heavy (non-hydrogen) atoms. The average molecular weight is 274 g/mol. The van der Waals surface area contributed by atoms with Gasteiger partial charge in [0.1, 0.15) is 0 Å². The zero-order chi connectivity index (χ0) is 14.4. The van der Waals surface area contributed by atoms with Crippen LogP contribution >= 0.6 is 0 Å². The first kappa shape index (κ1) is 14.6. The van der Waals surface area contributed by atoms with Crippen LogP contribution in [0, 0.1) is 5.92 Å². The van der Waals surface area contributed by atoms with Gasteiger partial charge in [0, 0.05) is 26.6 Å². The van der Waals surface area contributed by atoms with Crippen LogP contribution in [-0.2, 0) is 16.0 Å². The normalized spacial score (nSPS) is 18.6. The Hall–Kier alpha value is -1.84. The highest BCUT2D eigenvalue weighted by Crippen LogP contribution is 2.16. The molecule has 108 valence electrons. The van der Waals surface area contributed by atoms with Gasteiger partial charge in [0.05, 0.1) is 5.92 Å².